The molecule has 0 saturated carbocycles. The number of ether oxygens (including phenoxy) is 1. The Morgan fingerprint density at radius 3 is 2.51 bits per heavy atom. The van der Waals surface area contributed by atoms with Gasteiger partial charge in [0.15, 0.2) is 5.82 Å². The first-order valence-corrected chi connectivity index (χ1v) is 14.6. The maximum absolute atomic E-state index is 13.5. The van der Waals surface area contributed by atoms with Crippen molar-refractivity contribution in [1.82, 2.24) is 14.7 Å². The van der Waals surface area contributed by atoms with Gasteiger partial charge in [0, 0.05) is 31.2 Å². The normalized spacial score (nSPS) is 11.7. The first kappa shape index (κ1) is 28.5. The van der Waals surface area contributed by atoms with E-state index in [-0.39, 0.29) is 17.3 Å². The van der Waals surface area contributed by atoms with Crippen LogP contribution in [0.25, 0.3) is 11.1 Å². The molecule has 0 amide bonds. The van der Waals surface area contributed by atoms with Crippen molar-refractivity contribution >= 4 is 15.8 Å². The van der Waals surface area contributed by atoms with Gasteiger partial charge < -0.3 is 18.9 Å². The molecule has 2 aromatic carbocycles. The van der Waals surface area contributed by atoms with Gasteiger partial charge in [-0.15, -0.1) is 0 Å². The number of imidazole rings is 1. The van der Waals surface area contributed by atoms with E-state index < -0.39 is 10.0 Å². The first-order chi connectivity index (χ1) is 18.7. The van der Waals surface area contributed by atoms with E-state index in [0.29, 0.717) is 30.0 Å². The van der Waals surface area contributed by atoms with Crippen LogP contribution in [0.3, 0.4) is 0 Å². The van der Waals surface area contributed by atoms with Crippen LogP contribution in [-0.2, 0) is 47.4 Å². The minimum Gasteiger partial charge on any atom is -0.390 e. The van der Waals surface area contributed by atoms with Gasteiger partial charge in [-0.3, -0.25) is 4.72 Å². The molecule has 208 valence electrons. The molecule has 0 spiro atoms. The first-order valence-electron chi connectivity index (χ1n) is 13.1. The second-order valence-electron chi connectivity index (χ2n) is 9.51. The minimum atomic E-state index is -3.97. The van der Waals surface area contributed by atoms with Crippen LogP contribution in [0.5, 0.6) is 0 Å². The van der Waals surface area contributed by atoms with E-state index in [4.69, 9.17) is 14.2 Å². The summed E-state index contributed by atoms with van der Waals surface area (Å²) >= 11 is 0. The zero-order chi connectivity index (χ0) is 28.2. The number of methoxy groups -OCH3 is 1. The molecule has 4 aromatic rings. The quantitative estimate of drug-likeness (QED) is 0.249. The number of benzene rings is 2. The van der Waals surface area contributed by atoms with E-state index in [1.807, 2.05) is 31.2 Å². The van der Waals surface area contributed by atoms with Crippen molar-refractivity contribution in [3.05, 3.63) is 82.1 Å². The van der Waals surface area contributed by atoms with E-state index in [1.165, 1.54) is 0 Å². The lowest BCUT2D eigenvalue weighted by Gasteiger charge is -2.17. The third-order valence-electron chi connectivity index (χ3n) is 6.86. The Morgan fingerprint density at radius 2 is 1.87 bits per heavy atom. The Labute approximate surface area is 229 Å². The Hall–Kier alpha value is -3.47. The summed E-state index contributed by atoms with van der Waals surface area (Å²) in [5.74, 6) is 1.68. The summed E-state index contributed by atoms with van der Waals surface area (Å²) in [7, 11) is -2.35. The molecule has 4 rings (SSSR count). The lowest BCUT2D eigenvalue weighted by molar-refractivity contribution is 0.185. The van der Waals surface area contributed by atoms with Crippen molar-refractivity contribution in [2.45, 2.75) is 71.6 Å². The van der Waals surface area contributed by atoms with Gasteiger partial charge in [-0.2, -0.15) is 0 Å². The second-order valence-corrected chi connectivity index (χ2v) is 11.2. The maximum Gasteiger partial charge on any atom is 0.263 e. The van der Waals surface area contributed by atoms with Crippen molar-refractivity contribution in [2.75, 3.05) is 11.8 Å². The van der Waals surface area contributed by atoms with Crippen LogP contribution in [0, 0.1) is 13.8 Å². The highest BCUT2D eigenvalue weighted by atomic mass is 32.2. The van der Waals surface area contributed by atoms with Gasteiger partial charge in [0.25, 0.3) is 10.0 Å². The van der Waals surface area contributed by atoms with Gasteiger partial charge in [0.1, 0.15) is 11.6 Å². The third-order valence-corrected chi connectivity index (χ3v) is 8.26. The largest absolute Gasteiger partial charge is 0.390 e. The van der Waals surface area contributed by atoms with Crippen molar-refractivity contribution in [3.63, 3.8) is 0 Å². The predicted octanol–water partition coefficient (Wildman–Crippen LogP) is 5.16. The fourth-order valence-electron chi connectivity index (χ4n) is 4.74. The molecule has 9 nitrogen and oxygen atoms in total. The van der Waals surface area contributed by atoms with E-state index in [1.54, 1.807) is 39.2 Å². The predicted molar refractivity (Wildman–Crippen MR) is 150 cm³/mol. The Balaban J connectivity index is 1.75. The molecule has 0 aliphatic rings. The van der Waals surface area contributed by atoms with Crippen LogP contribution in [-0.4, -0.2) is 35.3 Å². The van der Waals surface area contributed by atoms with E-state index in [9.17, 15) is 13.5 Å². The van der Waals surface area contributed by atoms with E-state index in [0.717, 1.165) is 53.2 Å². The topological polar surface area (TPSA) is 119 Å². The highest BCUT2D eigenvalue weighted by Crippen LogP contribution is 2.33. The lowest BCUT2D eigenvalue weighted by Crippen LogP contribution is -2.15. The Bertz CT molecular complexity index is 1560. The van der Waals surface area contributed by atoms with Gasteiger partial charge in [-0.25, -0.2) is 13.4 Å². The molecule has 2 aromatic heterocycles. The third kappa shape index (κ3) is 5.93. The molecule has 2 N–H and O–H groups in total. The molecule has 0 unspecified atom stereocenters. The fourth-order valence-corrected chi connectivity index (χ4v) is 6.02. The van der Waals surface area contributed by atoms with Gasteiger partial charge in [0.05, 0.1) is 29.5 Å². The number of aliphatic hydroxyl groups excluding tert-OH is 1. The fraction of sp³-hybridized carbons (Fsp3) is 0.379. The molecule has 0 bridgehead atoms. The molecule has 0 atom stereocenters. The van der Waals surface area contributed by atoms with Crippen LogP contribution >= 0.6 is 0 Å². The number of hydrogen-bond donors (Lipinski definition) is 2. The van der Waals surface area contributed by atoms with Crippen molar-refractivity contribution < 1.29 is 22.8 Å². The summed E-state index contributed by atoms with van der Waals surface area (Å²) in [4.78, 5) is 4.91. The molecule has 10 heteroatoms. The number of aliphatic hydroxyl groups is 1. The standard InChI is InChI=1S/C29H36N4O5S/c1-6-10-28-30-25(7-2)26(17-34)33(28)16-21-13-14-23(22(15-21)18-37-5)24-11-8-9-12-27(24)39(35,36)32-29-19(3)20(4)38-31-29/h8-9,11-15,34H,6-7,10,16-18H2,1-5H3,(H,31,32). The highest BCUT2D eigenvalue weighted by Gasteiger charge is 2.24. The smallest absolute Gasteiger partial charge is 0.263 e. The molecule has 0 radical (unpaired) electrons. The maximum atomic E-state index is 13.5. The summed E-state index contributed by atoms with van der Waals surface area (Å²) in [5, 5.41) is 14.0. The number of nitrogens with one attached hydrogen (secondary N) is 1. The number of anilines is 1. The Morgan fingerprint density at radius 1 is 1.10 bits per heavy atom. The molecular formula is C29H36N4O5S. The van der Waals surface area contributed by atoms with Crippen molar-refractivity contribution in [3.8, 4) is 11.1 Å². The highest BCUT2D eigenvalue weighted by molar-refractivity contribution is 7.92. The van der Waals surface area contributed by atoms with Crippen molar-refractivity contribution in [1.29, 1.82) is 0 Å². The number of aryl methyl sites for hydroxylation is 3. The van der Waals surface area contributed by atoms with Crippen LogP contribution in [0.4, 0.5) is 5.82 Å². The summed E-state index contributed by atoms with van der Waals surface area (Å²) < 4.78 is 42.3. The van der Waals surface area contributed by atoms with Crippen LogP contribution < -0.4 is 4.72 Å². The number of rotatable bonds is 12. The van der Waals surface area contributed by atoms with Crippen molar-refractivity contribution in [2.24, 2.45) is 0 Å². The number of aromatic nitrogens is 3. The number of sulfonamides is 1. The van der Waals surface area contributed by atoms with Crippen LogP contribution in [0.1, 0.15) is 59.9 Å². The monoisotopic (exact) mass is 552 g/mol. The Kier molecular flexibility index (Phi) is 8.89. The molecular weight excluding hydrogens is 516 g/mol. The molecule has 0 fully saturated rings. The summed E-state index contributed by atoms with van der Waals surface area (Å²) in [5.41, 5.74) is 5.55. The molecule has 0 aliphatic heterocycles. The zero-order valence-corrected chi connectivity index (χ0v) is 23.9. The lowest BCUT2D eigenvalue weighted by atomic mass is 9.97. The molecule has 2 heterocycles. The SMILES string of the molecule is CCCc1nc(CC)c(CO)n1Cc1ccc(-c2ccccc2S(=O)(=O)Nc2noc(C)c2C)c(COC)c1. The second kappa shape index (κ2) is 12.1. The molecule has 0 aliphatic carbocycles. The molecule has 39 heavy (non-hydrogen) atoms. The van der Waals surface area contributed by atoms with Gasteiger partial charge in [-0.1, -0.05) is 55.4 Å². The number of hydrogen-bond acceptors (Lipinski definition) is 7. The van der Waals surface area contributed by atoms with E-state index >= 15 is 0 Å². The summed E-state index contributed by atoms with van der Waals surface area (Å²) in [6, 6.07) is 12.8. The van der Waals surface area contributed by atoms with Crippen LogP contribution in [0.2, 0.25) is 0 Å². The minimum absolute atomic E-state index is 0.0777. The van der Waals surface area contributed by atoms with E-state index in [2.05, 4.69) is 21.4 Å². The average Bonchev–Trinajstić information content (AvgIpc) is 3.42. The molecule has 0 saturated heterocycles. The summed E-state index contributed by atoms with van der Waals surface area (Å²) in [6.45, 7) is 8.40. The van der Waals surface area contributed by atoms with Gasteiger partial charge >= 0.3 is 0 Å². The van der Waals surface area contributed by atoms with Gasteiger partial charge in [0.2, 0.25) is 0 Å². The van der Waals surface area contributed by atoms with Crippen LogP contribution in [0.15, 0.2) is 51.9 Å². The zero-order valence-electron chi connectivity index (χ0n) is 23.1. The number of nitrogens with zero attached hydrogens (tertiary/aromatic N) is 3. The summed E-state index contributed by atoms with van der Waals surface area (Å²) in [6.07, 6.45) is 2.52. The van der Waals surface area contributed by atoms with Gasteiger partial charge in [-0.05, 0) is 49.4 Å². The average molecular weight is 553 g/mol.